The number of likely N-dealkylation sites (N-methyl/N-ethyl adjacent to an activating group) is 1. The summed E-state index contributed by atoms with van der Waals surface area (Å²) in [6.07, 6.45) is 88.5. The molecule has 0 spiro atoms. The van der Waals surface area contributed by atoms with E-state index in [1.54, 1.807) is 0 Å². The van der Waals surface area contributed by atoms with Gasteiger partial charge in [0.15, 0.2) is 0 Å². The Hall–Kier alpha value is -2.81. The van der Waals surface area contributed by atoms with Gasteiger partial charge in [0, 0.05) is 12.8 Å². The molecule has 3 unspecified atom stereocenters. The van der Waals surface area contributed by atoms with Crippen molar-refractivity contribution in [1.82, 2.24) is 5.32 Å². The molecule has 0 aliphatic heterocycles. The van der Waals surface area contributed by atoms with Crippen LogP contribution in [-0.2, 0) is 27.9 Å². The summed E-state index contributed by atoms with van der Waals surface area (Å²) in [4.78, 5) is 40.3. The molecule has 0 heterocycles. The smallest absolute Gasteiger partial charge is 0.306 e. The van der Waals surface area contributed by atoms with Gasteiger partial charge in [0.1, 0.15) is 19.3 Å². The Morgan fingerprint density at radius 2 is 0.736 bits per heavy atom. The number of phosphoric ester groups is 1. The third-order valence-electron chi connectivity index (χ3n) is 16.3. The van der Waals surface area contributed by atoms with Gasteiger partial charge in [-0.1, -0.05) is 331 Å². The lowest BCUT2D eigenvalue weighted by atomic mass is 10.0. The van der Waals surface area contributed by atoms with Crippen molar-refractivity contribution >= 4 is 19.7 Å². The summed E-state index contributed by atoms with van der Waals surface area (Å²) in [5.41, 5.74) is 0. The molecule has 0 aliphatic carbocycles. The highest BCUT2D eigenvalue weighted by Crippen LogP contribution is 2.38. The quantitative estimate of drug-likeness (QED) is 0.0212. The van der Waals surface area contributed by atoms with Gasteiger partial charge in [0.05, 0.1) is 33.8 Å². The first-order chi connectivity index (χ1) is 42.4. The number of allylic oxidation sites excluding steroid dienone is 13. The van der Waals surface area contributed by atoms with Crippen LogP contribution in [0.5, 0.6) is 0 Å². The fraction of sp³-hybridized carbons (Fsp3) is 0.792. The number of carbonyl (C=O) groups is 2. The average Bonchev–Trinajstić information content (AvgIpc) is 3.70. The van der Waals surface area contributed by atoms with Crippen molar-refractivity contribution in [2.24, 2.45) is 0 Å². The predicted octanol–water partition coefficient (Wildman–Crippen LogP) is 23.0. The lowest BCUT2D eigenvalue weighted by Crippen LogP contribution is -2.47. The molecule has 1 N–H and O–H groups in total. The van der Waals surface area contributed by atoms with Crippen LogP contribution in [0, 0.1) is 0 Å². The van der Waals surface area contributed by atoms with Crippen LogP contribution >= 0.6 is 7.82 Å². The minimum Gasteiger partial charge on any atom is -0.756 e. The number of amides is 1. The van der Waals surface area contributed by atoms with Crippen molar-refractivity contribution in [3.8, 4) is 0 Å². The molecule has 0 fully saturated rings. The van der Waals surface area contributed by atoms with Gasteiger partial charge < -0.3 is 28.5 Å². The third kappa shape index (κ3) is 67.4. The molecule has 0 saturated heterocycles. The second-order valence-electron chi connectivity index (χ2n) is 26.1. The first-order valence-corrected chi connectivity index (χ1v) is 38.4. The summed E-state index contributed by atoms with van der Waals surface area (Å²) in [7, 11) is 1.18. The Kier molecular flexibility index (Phi) is 64.0. The predicted molar refractivity (Wildman–Crippen MR) is 376 cm³/mol. The van der Waals surface area contributed by atoms with Crippen molar-refractivity contribution in [1.29, 1.82) is 0 Å². The van der Waals surface area contributed by atoms with Crippen molar-refractivity contribution in [2.75, 3.05) is 40.9 Å². The Morgan fingerprint density at radius 1 is 0.414 bits per heavy atom. The van der Waals surface area contributed by atoms with Crippen LogP contribution in [0.4, 0.5) is 0 Å². The zero-order chi connectivity index (χ0) is 63.5. The van der Waals surface area contributed by atoms with Crippen molar-refractivity contribution in [3.05, 3.63) is 85.1 Å². The summed E-state index contributed by atoms with van der Waals surface area (Å²) in [5.74, 6) is -0.546. The molecule has 0 aromatic rings. The number of esters is 1. The molecule has 10 heteroatoms. The van der Waals surface area contributed by atoms with Crippen LogP contribution in [0.1, 0.15) is 342 Å². The van der Waals surface area contributed by atoms with E-state index in [0.717, 1.165) is 122 Å². The standard InChI is InChI=1S/C77H141N2O7P/c1-7-10-13-16-19-22-25-28-30-32-34-36-38-39-41-42-44-46-48-51-54-57-60-63-66-69-76(80)78-74(73-85-87(82,83)84-72-71-79(4,5)6)75(68-65-62-59-56-53-50-27-24-21-18-15-12-9-3)86-77(81)70-67-64-61-58-55-52-49-47-45-43-40-37-35-33-31-29-26-23-20-17-14-11-8-2/h10,13,19,22,28,30,34,36,39,41,44,46,65,68,74-75H,7-9,11-12,14-18,20-21,23-27,29,31-33,35,37-38,40,42-43,45,47-64,66-67,69-73H2,1-6H3,(H-,78,80,82,83)/b13-10-,22-19-,30-28-,36-34-,41-39-,46-44-,68-65+. The number of nitrogens with zero attached hydrogens (tertiary/aromatic N) is 1. The van der Waals surface area contributed by atoms with E-state index in [2.05, 4.69) is 99.0 Å². The number of ether oxygens (including phenoxy) is 1. The number of rotatable bonds is 67. The summed E-state index contributed by atoms with van der Waals surface area (Å²) >= 11 is 0. The largest absolute Gasteiger partial charge is 0.756 e. The molecule has 0 bridgehead atoms. The summed E-state index contributed by atoms with van der Waals surface area (Å²) in [5, 5.41) is 3.04. The summed E-state index contributed by atoms with van der Waals surface area (Å²) in [6.45, 7) is 6.76. The first kappa shape index (κ1) is 84.2. The maximum Gasteiger partial charge on any atom is 0.306 e. The van der Waals surface area contributed by atoms with Crippen LogP contribution in [-0.4, -0.2) is 69.4 Å². The molecular formula is C77H141N2O7P. The van der Waals surface area contributed by atoms with Crippen LogP contribution in [0.2, 0.25) is 0 Å². The molecule has 506 valence electrons. The van der Waals surface area contributed by atoms with E-state index >= 15 is 0 Å². The van der Waals surface area contributed by atoms with Gasteiger partial charge in [-0.2, -0.15) is 0 Å². The SMILES string of the molecule is CC/C=C\C/C=C\C/C=C\C/C=C\C/C=C\C/C=C\CCCCCCCCC(=O)NC(COP(=O)([O-])OCC[N+](C)(C)C)C(/C=C/CCCCCCCCCCCCC)OC(=O)CCCCCCCCCCCCCCCCCCCCCCCCC. The Labute approximate surface area is 539 Å². The molecule has 3 atom stereocenters. The zero-order valence-corrected chi connectivity index (χ0v) is 58.9. The molecule has 0 rings (SSSR count). The maximum absolute atomic E-state index is 13.6. The van der Waals surface area contributed by atoms with Crippen molar-refractivity contribution < 1.29 is 37.3 Å². The van der Waals surface area contributed by atoms with Crippen LogP contribution < -0.4 is 10.2 Å². The van der Waals surface area contributed by atoms with E-state index in [1.807, 2.05) is 33.3 Å². The number of hydrogen-bond donors (Lipinski definition) is 1. The fourth-order valence-corrected chi connectivity index (χ4v) is 11.4. The number of carbonyl (C=O) groups excluding carboxylic acids is 2. The molecule has 87 heavy (non-hydrogen) atoms. The minimum atomic E-state index is -4.71. The van der Waals surface area contributed by atoms with E-state index in [-0.39, 0.29) is 24.9 Å². The third-order valence-corrected chi connectivity index (χ3v) is 17.3. The molecule has 0 aromatic carbocycles. The molecular weight excluding hydrogens is 1100 g/mol. The van der Waals surface area contributed by atoms with Gasteiger partial charge in [0.2, 0.25) is 5.91 Å². The van der Waals surface area contributed by atoms with E-state index in [0.29, 0.717) is 17.4 Å². The highest BCUT2D eigenvalue weighted by Gasteiger charge is 2.27. The lowest BCUT2D eigenvalue weighted by molar-refractivity contribution is -0.870. The highest BCUT2D eigenvalue weighted by molar-refractivity contribution is 7.45. The topological polar surface area (TPSA) is 114 Å². The van der Waals surface area contributed by atoms with E-state index in [4.69, 9.17) is 13.8 Å². The Bertz CT molecular complexity index is 1760. The number of hydrogen-bond acceptors (Lipinski definition) is 7. The Morgan fingerprint density at radius 3 is 1.10 bits per heavy atom. The second-order valence-corrected chi connectivity index (χ2v) is 27.5. The number of quaternary nitrogens is 1. The number of phosphoric acid groups is 1. The highest BCUT2D eigenvalue weighted by atomic mass is 31.2. The normalized spacial score (nSPS) is 14.0. The van der Waals surface area contributed by atoms with E-state index in [1.165, 1.54) is 186 Å². The van der Waals surface area contributed by atoms with Gasteiger partial charge in [-0.15, -0.1) is 0 Å². The Balaban J connectivity index is 5.10. The zero-order valence-electron chi connectivity index (χ0n) is 58.0. The first-order valence-electron chi connectivity index (χ1n) is 36.9. The minimum absolute atomic E-state index is 0.0271. The molecule has 0 saturated carbocycles. The van der Waals surface area contributed by atoms with Gasteiger partial charge >= 0.3 is 5.97 Å². The average molecular weight is 1240 g/mol. The monoisotopic (exact) mass is 1240 g/mol. The van der Waals surface area contributed by atoms with Gasteiger partial charge in [-0.05, 0) is 83.1 Å². The van der Waals surface area contributed by atoms with Crippen molar-refractivity contribution in [3.63, 3.8) is 0 Å². The maximum atomic E-state index is 13.6. The second kappa shape index (κ2) is 66.1. The number of nitrogens with one attached hydrogen (secondary N) is 1. The van der Waals surface area contributed by atoms with Crippen LogP contribution in [0.3, 0.4) is 0 Å². The molecule has 9 nitrogen and oxygen atoms in total. The van der Waals surface area contributed by atoms with Crippen LogP contribution in [0.15, 0.2) is 85.1 Å². The summed E-state index contributed by atoms with van der Waals surface area (Å²) in [6, 6.07) is -0.900. The van der Waals surface area contributed by atoms with Gasteiger partial charge in [0.25, 0.3) is 7.82 Å². The van der Waals surface area contributed by atoms with Gasteiger partial charge in [-0.25, -0.2) is 0 Å². The summed E-state index contributed by atoms with van der Waals surface area (Å²) < 4.78 is 30.5. The molecule has 0 radical (unpaired) electrons. The van der Waals surface area contributed by atoms with Crippen LogP contribution in [0.25, 0.3) is 0 Å². The van der Waals surface area contributed by atoms with E-state index < -0.39 is 26.6 Å². The van der Waals surface area contributed by atoms with E-state index in [9.17, 15) is 19.0 Å². The fourth-order valence-electron chi connectivity index (χ4n) is 10.7. The molecule has 0 aliphatic rings. The number of unbranched alkanes of at least 4 members (excludes halogenated alkanes) is 39. The molecule has 0 aromatic heterocycles. The molecule has 1 amide bonds. The van der Waals surface area contributed by atoms with Gasteiger partial charge in [-0.3, -0.25) is 14.2 Å². The lowest BCUT2D eigenvalue weighted by Gasteiger charge is -2.30. The van der Waals surface area contributed by atoms with Crippen molar-refractivity contribution in [2.45, 2.75) is 354 Å².